The van der Waals surface area contributed by atoms with Crippen molar-refractivity contribution in [1.82, 2.24) is 19.5 Å². The molecule has 0 saturated carbocycles. The zero-order valence-corrected chi connectivity index (χ0v) is 35.9. The Morgan fingerprint density at radius 3 is 1.70 bits per heavy atom. The molecule has 0 atom stereocenters. The Labute approximate surface area is 364 Å². The van der Waals surface area contributed by atoms with Crippen LogP contribution in [0.2, 0.25) is 0 Å². The lowest BCUT2D eigenvalue weighted by molar-refractivity contribution is -0.176. The Kier molecular flexibility index (Phi) is 19.6. The number of ether oxygens (including phenoxy) is 3. The number of aliphatic carboxylic acids is 4. The molecule has 0 bridgehead atoms. The van der Waals surface area contributed by atoms with E-state index in [-0.39, 0.29) is 12.2 Å². The number of fused-ring (bicyclic) bond motifs is 1. The minimum absolute atomic E-state index is 0.0561. The molecule has 0 amide bonds. The van der Waals surface area contributed by atoms with E-state index in [0.717, 1.165) is 51.3 Å². The third kappa shape index (κ3) is 17.9. The van der Waals surface area contributed by atoms with Crippen LogP contribution < -0.4 is 5.32 Å². The normalized spacial score (nSPS) is 13.4. The number of carbonyl (C=O) groups is 6. The maximum atomic E-state index is 12.8. The number of hydrogen-bond acceptors (Lipinski definition) is 13. The fraction of sp³-hybridized carbons (Fsp3) is 0.378. The molecule has 63 heavy (non-hydrogen) atoms. The second-order valence-electron chi connectivity index (χ2n) is 15.7. The zero-order chi connectivity index (χ0) is 46.6. The molecule has 4 aromatic rings. The smallest absolute Gasteiger partial charge is 0.328 e. The Morgan fingerprint density at radius 2 is 1.22 bits per heavy atom. The highest BCUT2D eigenvalue weighted by molar-refractivity contribution is 5.90. The number of nitrogens with one attached hydrogen (secondary N) is 1. The largest absolute Gasteiger partial charge is 0.478 e. The first kappa shape index (κ1) is 50.4. The van der Waals surface area contributed by atoms with Gasteiger partial charge in [0.1, 0.15) is 17.3 Å². The highest BCUT2D eigenvalue weighted by atomic mass is 16.7. The summed E-state index contributed by atoms with van der Waals surface area (Å²) in [5, 5.41) is 39.3. The van der Waals surface area contributed by atoms with Crippen LogP contribution in [0.25, 0.3) is 5.65 Å². The van der Waals surface area contributed by atoms with E-state index in [9.17, 15) is 28.8 Å². The van der Waals surface area contributed by atoms with E-state index in [1.807, 2.05) is 24.3 Å². The van der Waals surface area contributed by atoms with E-state index in [0.29, 0.717) is 35.6 Å². The van der Waals surface area contributed by atoms with Crippen molar-refractivity contribution in [3.05, 3.63) is 120 Å². The molecule has 5 N–H and O–H groups in total. The van der Waals surface area contributed by atoms with Gasteiger partial charge in [-0.05, 0) is 83.7 Å². The lowest BCUT2D eigenvalue weighted by Crippen LogP contribution is -2.38. The molecule has 338 valence electrons. The lowest BCUT2D eigenvalue weighted by atomic mass is 9.90. The monoisotopic (exact) mass is 873 g/mol. The van der Waals surface area contributed by atoms with Crippen molar-refractivity contribution in [3.8, 4) is 0 Å². The molecular formula is C45H55N5O13. The maximum Gasteiger partial charge on any atom is 0.328 e. The molecule has 3 heterocycles. The molecule has 1 aliphatic heterocycles. The predicted molar refractivity (Wildman–Crippen MR) is 230 cm³/mol. The van der Waals surface area contributed by atoms with Crippen LogP contribution in [0.4, 0.5) is 5.82 Å². The molecule has 1 saturated heterocycles. The second-order valence-corrected chi connectivity index (χ2v) is 15.7. The van der Waals surface area contributed by atoms with Crippen LogP contribution in [-0.4, -0.2) is 115 Å². The van der Waals surface area contributed by atoms with Gasteiger partial charge in [0.15, 0.2) is 5.65 Å². The number of likely N-dealkylation sites (tertiary alicyclic amines) is 1. The number of carboxylic acids is 4. The Bertz CT molecular complexity index is 2090. The van der Waals surface area contributed by atoms with Crippen LogP contribution in [0.3, 0.4) is 0 Å². The summed E-state index contributed by atoms with van der Waals surface area (Å²) in [6.07, 6.45) is 7.14. The number of imidazole rings is 1. The van der Waals surface area contributed by atoms with Gasteiger partial charge >= 0.3 is 35.8 Å². The summed E-state index contributed by atoms with van der Waals surface area (Å²) in [6, 6.07) is 24.7. The van der Waals surface area contributed by atoms with Gasteiger partial charge in [-0.3, -0.25) is 9.59 Å². The third-order valence-corrected chi connectivity index (χ3v) is 9.23. The molecule has 2 aromatic carbocycles. The van der Waals surface area contributed by atoms with E-state index >= 15 is 0 Å². The van der Waals surface area contributed by atoms with Gasteiger partial charge in [0.25, 0.3) is 0 Å². The van der Waals surface area contributed by atoms with Gasteiger partial charge in [0.2, 0.25) is 6.79 Å². The van der Waals surface area contributed by atoms with Crippen LogP contribution in [0.15, 0.2) is 103 Å². The summed E-state index contributed by atoms with van der Waals surface area (Å²) < 4.78 is 18.7. The van der Waals surface area contributed by atoms with Gasteiger partial charge in [-0.2, -0.15) is 0 Å². The SMILES string of the molecule is CC(C)(C)C(=O)OCOC(=O)C(C)(C)c1cn2nc(NCCCN3CCC(OC(c4ccccc4)c4ccccc4)CC3)ccc2n1.O=C(O)/C=C/C(=O)O.O=C(O)/C=C/C(=O)O. The summed E-state index contributed by atoms with van der Waals surface area (Å²) in [7, 11) is 0. The summed E-state index contributed by atoms with van der Waals surface area (Å²) in [6.45, 7) is 12.0. The van der Waals surface area contributed by atoms with Crippen LogP contribution in [0.5, 0.6) is 0 Å². The van der Waals surface area contributed by atoms with E-state index < -0.39 is 53.4 Å². The molecular weight excluding hydrogens is 819 g/mol. The third-order valence-electron chi connectivity index (χ3n) is 9.23. The van der Waals surface area contributed by atoms with Gasteiger partial charge in [-0.25, -0.2) is 28.7 Å². The van der Waals surface area contributed by atoms with Gasteiger partial charge < -0.3 is 44.9 Å². The van der Waals surface area contributed by atoms with Crippen molar-refractivity contribution < 1.29 is 63.4 Å². The number of carboxylic acid groups (broad SMARTS) is 4. The number of hydrogen-bond donors (Lipinski definition) is 5. The molecule has 2 aromatic heterocycles. The number of anilines is 1. The van der Waals surface area contributed by atoms with Crippen molar-refractivity contribution in [1.29, 1.82) is 0 Å². The molecule has 18 nitrogen and oxygen atoms in total. The van der Waals surface area contributed by atoms with Crippen LogP contribution >= 0.6 is 0 Å². The minimum atomic E-state index is -1.26. The highest BCUT2D eigenvalue weighted by Crippen LogP contribution is 2.30. The lowest BCUT2D eigenvalue weighted by Gasteiger charge is -2.34. The van der Waals surface area contributed by atoms with Gasteiger partial charge in [-0.15, -0.1) is 5.10 Å². The Balaban J connectivity index is 0.000000559. The van der Waals surface area contributed by atoms with Crippen molar-refractivity contribution in [2.45, 2.75) is 71.5 Å². The van der Waals surface area contributed by atoms with Gasteiger partial charge in [-0.1, -0.05) is 60.7 Å². The Morgan fingerprint density at radius 1 is 0.730 bits per heavy atom. The molecule has 18 heteroatoms. The highest BCUT2D eigenvalue weighted by Gasteiger charge is 2.35. The van der Waals surface area contributed by atoms with Crippen LogP contribution in [-0.2, 0) is 48.4 Å². The summed E-state index contributed by atoms with van der Waals surface area (Å²) in [5.74, 6) is -5.27. The van der Waals surface area contributed by atoms with Crippen molar-refractivity contribution >= 4 is 47.3 Å². The average molecular weight is 874 g/mol. The number of esters is 2. The molecule has 1 fully saturated rings. The number of carbonyl (C=O) groups excluding carboxylic acids is 2. The number of benzene rings is 2. The van der Waals surface area contributed by atoms with Crippen molar-refractivity contribution in [2.75, 3.05) is 38.3 Å². The van der Waals surface area contributed by atoms with E-state index in [4.69, 9.17) is 34.6 Å². The molecule has 0 spiro atoms. The number of rotatable bonds is 17. The van der Waals surface area contributed by atoms with Crippen LogP contribution in [0, 0.1) is 5.41 Å². The maximum absolute atomic E-state index is 12.8. The number of aromatic nitrogens is 3. The molecule has 0 radical (unpaired) electrons. The van der Waals surface area contributed by atoms with E-state index in [2.05, 4.69) is 68.8 Å². The van der Waals surface area contributed by atoms with Crippen molar-refractivity contribution in [2.24, 2.45) is 5.41 Å². The first-order valence-corrected chi connectivity index (χ1v) is 20.0. The van der Waals surface area contributed by atoms with E-state index in [1.165, 1.54) is 11.1 Å². The zero-order valence-electron chi connectivity index (χ0n) is 35.9. The first-order chi connectivity index (χ1) is 29.8. The number of piperidine rings is 1. The second kappa shape index (κ2) is 24.5. The quantitative estimate of drug-likeness (QED) is 0.0375. The van der Waals surface area contributed by atoms with E-state index in [1.54, 1.807) is 45.3 Å². The standard InChI is InChI=1S/C37H47N5O5.2C4H4O4/c1-36(2,3)34(43)45-26-46-35(44)37(4,5)30-25-42-32(39-30)18-17-31(40-42)38-21-12-22-41-23-19-29(20-24-41)47-33(27-13-8-6-9-14-27)28-15-10-7-11-16-28;2*5-3(6)1-2-4(7)8/h6-11,13-18,25,29,33H,12,19-24,26H2,1-5H3,(H,38,40);2*1-2H,(H,5,6)(H,7,8)/b;2*2-1+. The summed E-state index contributed by atoms with van der Waals surface area (Å²) in [5.41, 5.74) is 1.78. The minimum Gasteiger partial charge on any atom is -0.478 e. The fourth-order valence-electron chi connectivity index (χ4n) is 5.79. The summed E-state index contributed by atoms with van der Waals surface area (Å²) >= 11 is 0. The average Bonchev–Trinajstić information content (AvgIpc) is 3.69. The van der Waals surface area contributed by atoms with Crippen molar-refractivity contribution in [3.63, 3.8) is 0 Å². The van der Waals surface area contributed by atoms with Crippen LogP contribution in [0.1, 0.15) is 76.8 Å². The fourth-order valence-corrected chi connectivity index (χ4v) is 5.79. The molecule has 5 rings (SSSR count). The molecule has 0 aliphatic carbocycles. The topological polar surface area (TPSA) is 256 Å². The first-order valence-electron chi connectivity index (χ1n) is 20.0. The number of nitrogens with zero attached hydrogens (tertiary/aromatic N) is 4. The van der Waals surface area contributed by atoms with Gasteiger partial charge in [0, 0.05) is 43.9 Å². The molecule has 1 aliphatic rings. The predicted octanol–water partition coefficient (Wildman–Crippen LogP) is 5.59. The summed E-state index contributed by atoms with van der Waals surface area (Å²) in [4.78, 5) is 70.1. The Hall–Kier alpha value is -6.92. The molecule has 0 unspecified atom stereocenters. The van der Waals surface area contributed by atoms with Gasteiger partial charge in [0.05, 0.1) is 23.4 Å².